The topological polar surface area (TPSA) is 52.6 Å². The third kappa shape index (κ3) is 4.19. The zero-order valence-electron chi connectivity index (χ0n) is 14.7. The largest absolute Gasteiger partial charge is 0.351 e. The quantitative estimate of drug-likeness (QED) is 0.816. The number of carbonyl (C=O) groups excluding carboxylic acids is 1. The van der Waals surface area contributed by atoms with Crippen LogP contribution in [0.15, 0.2) is 0 Å². The second-order valence-electron chi connectivity index (χ2n) is 7.73. The van der Waals surface area contributed by atoms with Crippen LogP contribution in [0.4, 0.5) is 0 Å². The summed E-state index contributed by atoms with van der Waals surface area (Å²) in [6.45, 7) is 12.2. The number of hydrogen-bond donors (Lipinski definition) is 2. The molecule has 0 aromatic rings. The molecule has 0 bridgehead atoms. The maximum atomic E-state index is 12.2. The normalized spacial score (nSPS) is 28.0. The van der Waals surface area contributed by atoms with Crippen LogP contribution in [-0.2, 0) is 4.79 Å². The van der Waals surface area contributed by atoms with Crippen molar-refractivity contribution in [3.63, 3.8) is 0 Å². The highest BCUT2D eigenvalue weighted by Gasteiger charge is 2.52. The zero-order chi connectivity index (χ0) is 16.3. The molecular formula is C17H34N2O2. The molecule has 4 heteroatoms. The van der Waals surface area contributed by atoms with Crippen molar-refractivity contribution in [1.82, 2.24) is 10.4 Å². The summed E-state index contributed by atoms with van der Waals surface area (Å²) in [5.41, 5.74) is -0.686. The fourth-order valence-corrected chi connectivity index (χ4v) is 3.47. The number of rotatable bonds is 2. The molecule has 2 rings (SSSR count). The van der Waals surface area contributed by atoms with E-state index >= 15 is 0 Å². The first-order chi connectivity index (χ1) is 9.66. The van der Waals surface area contributed by atoms with Gasteiger partial charge in [0.1, 0.15) is 0 Å². The lowest BCUT2D eigenvalue weighted by Gasteiger charge is -2.36. The number of nitrogens with zero attached hydrogens (tertiary/aromatic N) is 1. The number of hydrogen-bond acceptors (Lipinski definition) is 3. The maximum absolute atomic E-state index is 12.2. The van der Waals surface area contributed by atoms with Gasteiger partial charge in [0.2, 0.25) is 5.91 Å². The van der Waals surface area contributed by atoms with Gasteiger partial charge in [0.05, 0.1) is 11.6 Å². The third-order valence-electron chi connectivity index (χ3n) is 4.72. The average molecular weight is 298 g/mol. The molecule has 1 atom stereocenters. The minimum Gasteiger partial charge on any atom is -0.351 e. The van der Waals surface area contributed by atoms with Crippen LogP contribution >= 0.6 is 0 Å². The Labute approximate surface area is 130 Å². The highest BCUT2D eigenvalue weighted by atomic mass is 16.5. The van der Waals surface area contributed by atoms with Crippen LogP contribution in [0.25, 0.3) is 0 Å². The van der Waals surface area contributed by atoms with Gasteiger partial charge in [0, 0.05) is 11.5 Å². The van der Waals surface area contributed by atoms with Crippen molar-refractivity contribution in [2.75, 3.05) is 0 Å². The Bertz CT molecular complexity index is 347. The molecule has 1 saturated heterocycles. The molecule has 1 aliphatic carbocycles. The second-order valence-corrected chi connectivity index (χ2v) is 7.73. The molecule has 0 spiro atoms. The standard InChI is InChI=1S/C14H26N2O2.C3H8/c1-13(2)9-11(14(3,4)16(13)18)15-12(17)10-7-5-6-8-10;1-3-2/h10-11,18H,5-9H2,1-4H3,(H,15,17);3H2,1-2H3. The van der Waals surface area contributed by atoms with Crippen LogP contribution in [-0.4, -0.2) is 33.3 Å². The first-order valence-corrected chi connectivity index (χ1v) is 8.46. The van der Waals surface area contributed by atoms with Gasteiger partial charge in [-0.05, 0) is 47.0 Å². The zero-order valence-corrected chi connectivity index (χ0v) is 14.7. The molecule has 2 aliphatic rings. The van der Waals surface area contributed by atoms with Crippen molar-refractivity contribution in [3.8, 4) is 0 Å². The van der Waals surface area contributed by atoms with Gasteiger partial charge in [0.25, 0.3) is 0 Å². The summed E-state index contributed by atoms with van der Waals surface area (Å²) in [4.78, 5) is 12.2. The molecular weight excluding hydrogens is 264 g/mol. The Balaban J connectivity index is 0.000000677. The first kappa shape index (κ1) is 18.4. The summed E-state index contributed by atoms with van der Waals surface area (Å²) in [7, 11) is 0. The smallest absolute Gasteiger partial charge is 0.223 e. The molecule has 1 heterocycles. The lowest BCUT2D eigenvalue weighted by Crippen LogP contribution is -2.53. The molecule has 4 nitrogen and oxygen atoms in total. The summed E-state index contributed by atoms with van der Waals surface area (Å²) in [6, 6.07) is 0.0191. The van der Waals surface area contributed by atoms with E-state index in [9.17, 15) is 10.0 Å². The maximum Gasteiger partial charge on any atom is 0.223 e. The molecule has 124 valence electrons. The van der Waals surface area contributed by atoms with E-state index in [-0.39, 0.29) is 23.4 Å². The number of carbonyl (C=O) groups is 1. The predicted octanol–water partition coefficient (Wildman–Crippen LogP) is 3.73. The van der Waals surface area contributed by atoms with Gasteiger partial charge < -0.3 is 10.5 Å². The van der Waals surface area contributed by atoms with E-state index in [2.05, 4.69) is 19.2 Å². The van der Waals surface area contributed by atoms with E-state index in [1.807, 2.05) is 27.7 Å². The Kier molecular flexibility index (Phi) is 6.23. The summed E-state index contributed by atoms with van der Waals surface area (Å²) in [6.07, 6.45) is 6.42. The molecule has 1 amide bonds. The fraction of sp³-hybridized carbons (Fsp3) is 0.941. The van der Waals surface area contributed by atoms with E-state index in [0.717, 1.165) is 19.3 Å². The van der Waals surface area contributed by atoms with Crippen LogP contribution < -0.4 is 5.32 Å². The van der Waals surface area contributed by atoms with Gasteiger partial charge in [0.15, 0.2) is 0 Å². The van der Waals surface area contributed by atoms with Gasteiger partial charge in [-0.2, -0.15) is 5.06 Å². The predicted molar refractivity (Wildman–Crippen MR) is 86.3 cm³/mol. The van der Waals surface area contributed by atoms with Gasteiger partial charge in [-0.25, -0.2) is 0 Å². The fourth-order valence-electron chi connectivity index (χ4n) is 3.47. The monoisotopic (exact) mass is 298 g/mol. The first-order valence-electron chi connectivity index (χ1n) is 8.46. The molecule has 2 fully saturated rings. The van der Waals surface area contributed by atoms with Gasteiger partial charge >= 0.3 is 0 Å². The molecule has 0 radical (unpaired) electrons. The lowest BCUT2D eigenvalue weighted by molar-refractivity contribution is -0.194. The molecule has 0 aromatic heterocycles. The molecule has 2 N–H and O–H groups in total. The number of nitrogens with one attached hydrogen (secondary N) is 1. The lowest BCUT2D eigenvalue weighted by atomic mass is 9.93. The minimum atomic E-state index is -0.405. The molecule has 1 unspecified atom stereocenters. The molecule has 0 aromatic carbocycles. The minimum absolute atomic E-state index is 0.0191. The van der Waals surface area contributed by atoms with Gasteiger partial charge in [-0.3, -0.25) is 4.79 Å². The van der Waals surface area contributed by atoms with Crippen molar-refractivity contribution in [2.24, 2.45) is 5.92 Å². The van der Waals surface area contributed by atoms with Crippen molar-refractivity contribution in [1.29, 1.82) is 0 Å². The van der Waals surface area contributed by atoms with Crippen molar-refractivity contribution >= 4 is 5.91 Å². The van der Waals surface area contributed by atoms with E-state index < -0.39 is 5.54 Å². The number of amides is 1. The Morgan fingerprint density at radius 1 is 1.19 bits per heavy atom. The molecule has 1 aliphatic heterocycles. The van der Waals surface area contributed by atoms with Crippen molar-refractivity contribution in [3.05, 3.63) is 0 Å². The van der Waals surface area contributed by atoms with Crippen LogP contribution in [0.1, 0.15) is 80.1 Å². The van der Waals surface area contributed by atoms with Gasteiger partial charge in [-0.15, -0.1) is 0 Å². The highest BCUT2D eigenvalue weighted by molar-refractivity contribution is 5.79. The van der Waals surface area contributed by atoms with Gasteiger partial charge in [-0.1, -0.05) is 33.1 Å². The average Bonchev–Trinajstić information content (AvgIpc) is 2.95. The van der Waals surface area contributed by atoms with E-state index in [4.69, 9.17) is 0 Å². The Morgan fingerprint density at radius 2 is 1.67 bits per heavy atom. The second kappa shape index (κ2) is 7.10. The number of hydroxylamine groups is 2. The van der Waals surface area contributed by atoms with E-state index in [1.165, 1.54) is 24.3 Å². The van der Waals surface area contributed by atoms with Crippen LogP contribution in [0.3, 0.4) is 0 Å². The molecule has 21 heavy (non-hydrogen) atoms. The van der Waals surface area contributed by atoms with Crippen LogP contribution in [0, 0.1) is 5.92 Å². The molecule has 1 saturated carbocycles. The van der Waals surface area contributed by atoms with Crippen LogP contribution in [0.5, 0.6) is 0 Å². The summed E-state index contributed by atoms with van der Waals surface area (Å²) in [5, 5.41) is 14.8. The Morgan fingerprint density at radius 3 is 2.05 bits per heavy atom. The van der Waals surface area contributed by atoms with Crippen molar-refractivity contribution in [2.45, 2.75) is 97.2 Å². The SMILES string of the molecule is CC1(C)CC(NC(=O)C2CCCC2)C(C)(C)N1O.CCC. The van der Waals surface area contributed by atoms with E-state index in [0.29, 0.717) is 0 Å². The third-order valence-corrected chi connectivity index (χ3v) is 4.72. The highest BCUT2D eigenvalue weighted by Crippen LogP contribution is 2.39. The summed E-state index contributed by atoms with van der Waals surface area (Å²) in [5.74, 6) is 0.369. The summed E-state index contributed by atoms with van der Waals surface area (Å²) >= 11 is 0. The van der Waals surface area contributed by atoms with E-state index in [1.54, 1.807) is 0 Å². The Hall–Kier alpha value is -0.610. The van der Waals surface area contributed by atoms with Crippen LogP contribution in [0.2, 0.25) is 0 Å². The summed E-state index contributed by atoms with van der Waals surface area (Å²) < 4.78 is 0. The van der Waals surface area contributed by atoms with Crippen molar-refractivity contribution < 1.29 is 10.0 Å².